The number of benzene rings is 1. The Hall–Kier alpha value is -2.88. The van der Waals surface area contributed by atoms with Crippen molar-refractivity contribution in [1.29, 1.82) is 0 Å². The van der Waals surface area contributed by atoms with Gasteiger partial charge in [-0.2, -0.15) is 0 Å². The summed E-state index contributed by atoms with van der Waals surface area (Å²) in [6.07, 6.45) is -1.73. The Labute approximate surface area is 198 Å². The maximum Gasteiger partial charge on any atom is 0.411 e. The van der Waals surface area contributed by atoms with Crippen LogP contribution in [0.5, 0.6) is 5.88 Å². The van der Waals surface area contributed by atoms with Gasteiger partial charge >= 0.3 is 6.09 Å². The fraction of sp³-hybridized carbons (Fsp3) is 0.520. The Bertz CT molecular complexity index is 1080. The zero-order valence-electron chi connectivity index (χ0n) is 20.1. The molecule has 184 valence electrons. The highest BCUT2D eigenvalue weighted by atomic mass is 16.8. The van der Waals surface area contributed by atoms with Crippen molar-refractivity contribution in [2.24, 2.45) is 0 Å². The van der Waals surface area contributed by atoms with Gasteiger partial charge in [-0.3, -0.25) is 14.7 Å². The van der Waals surface area contributed by atoms with Gasteiger partial charge < -0.3 is 24.1 Å². The molecule has 2 aromatic rings. The molecule has 2 N–H and O–H groups in total. The van der Waals surface area contributed by atoms with E-state index in [1.165, 1.54) is 17.0 Å². The number of likely N-dealkylation sites (tertiary alicyclic amines) is 1. The first-order chi connectivity index (χ1) is 16.0. The first-order valence-corrected chi connectivity index (χ1v) is 11.4. The molecule has 0 spiro atoms. The van der Waals surface area contributed by atoms with Crippen LogP contribution in [0.15, 0.2) is 47.3 Å². The van der Waals surface area contributed by atoms with Crippen LogP contribution >= 0.6 is 0 Å². The largest absolute Gasteiger partial charge is 0.494 e. The molecule has 4 rings (SSSR count). The molecule has 9 heteroatoms. The van der Waals surface area contributed by atoms with Crippen LogP contribution in [-0.4, -0.2) is 57.3 Å². The molecule has 1 aromatic carbocycles. The van der Waals surface area contributed by atoms with Crippen molar-refractivity contribution in [2.75, 3.05) is 6.61 Å². The van der Waals surface area contributed by atoms with Gasteiger partial charge in [0.25, 0.3) is 5.56 Å². The SMILES string of the molecule is CC(C)(C)OC(=O)N1C(COCc2ccccc2)[C@H]2OC(C)(C)O[C@H]2C1c1ccc(=O)[nH]c1O. The summed E-state index contributed by atoms with van der Waals surface area (Å²) in [5.74, 6) is -1.23. The third-order valence-electron chi connectivity index (χ3n) is 5.76. The maximum absolute atomic E-state index is 13.4. The van der Waals surface area contributed by atoms with Crippen LogP contribution in [0.1, 0.15) is 51.8 Å². The zero-order chi connectivity index (χ0) is 24.7. The molecular weight excluding hydrogens is 440 g/mol. The van der Waals surface area contributed by atoms with E-state index in [9.17, 15) is 14.7 Å². The summed E-state index contributed by atoms with van der Waals surface area (Å²) in [6, 6.07) is 11.2. The van der Waals surface area contributed by atoms with Gasteiger partial charge in [-0.05, 0) is 46.2 Å². The summed E-state index contributed by atoms with van der Waals surface area (Å²) in [6.45, 7) is 9.47. The van der Waals surface area contributed by atoms with E-state index < -0.39 is 47.3 Å². The lowest BCUT2D eigenvalue weighted by Gasteiger charge is -2.35. The predicted octanol–water partition coefficient (Wildman–Crippen LogP) is 3.48. The molecule has 2 unspecified atom stereocenters. The fourth-order valence-electron chi connectivity index (χ4n) is 4.53. The first-order valence-electron chi connectivity index (χ1n) is 11.4. The average molecular weight is 473 g/mol. The molecule has 2 fully saturated rings. The van der Waals surface area contributed by atoms with Crippen LogP contribution < -0.4 is 5.56 Å². The lowest BCUT2D eigenvalue weighted by atomic mass is 10.0. The van der Waals surface area contributed by atoms with Crippen molar-refractivity contribution in [3.8, 4) is 5.88 Å². The van der Waals surface area contributed by atoms with Crippen molar-refractivity contribution in [2.45, 2.75) is 76.9 Å². The molecule has 0 bridgehead atoms. The summed E-state index contributed by atoms with van der Waals surface area (Å²) >= 11 is 0. The number of pyridine rings is 1. The summed E-state index contributed by atoms with van der Waals surface area (Å²) in [5.41, 5.74) is 0.140. The number of aromatic amines is 1. The Morgan fingerprint density at radius 2 is 1.79 bits per heavy atom. The number of H-pyrrole nitrogens is 1. The molecule has 34 heavy (non-hydrogen) atoms. The van der Waals surface area contributed by atoms with Gasteiger partial charge in [0.1, 0.15) is 17.8 Å². The van der Waals surface area contributed by atoms with Crippen LogP contribution in [0.3, 0.4) is 0 Å². The van der Waals surface area contributed by atoms with Gasteiger partial charge in [0.2, 0.25) is 0 Å². The van der Waals surface area contributed by atoms with Crippen LogP contribution in [0.4, 0.5) is 4.79 Å². The topological polar surface area (TPSA) is 110 Å². The number of hydrogen-bond donors (Lipinski definition) is 2. The Morgan fingerprint density at radius 1 is 1.12 bits per heavy atom. The predicted molar refractivity (Wildman–Crippen MR) is 123 cm³/mol. The Morgan fingerprint density at radius 3 is 2.44 bits per heavy atom. The molecule has 4 atom stereocenters. The molecule has 0 saturated carbocycles. The van der Waals surface area contributed by atoms with Gasteiger partial charge in [0.05, 0.1) is 25.3 Å². The summed E-state index contributed by atoms with van der Waals surface area (Å²) in [5, 5.41) is 10.6. The van der Waals surface area contributed by atoms with Gasteiger partial charge in [-0.25, -0.2) is 4.79 Å². The smallest absolute Gasteiger partial charge is 0.411 e. The lowest BCUT2D eigenvalue weighted by molar-refractivity contribution is -0.170. The number of amides is 1. The van der Waals surface area contributed by atoms with E-state index in [0.29, 0.717) is 12.2 Å². The molecule has 2 aliphatic heterocycles. The summed E-state index contributed by atoms with van der Waals surface area (Å²) in [7, 11) is 0. The molecule has 9 nitrogen and oxygen atoms in total. The lowest BCUT2D eigenvalue weighted by Crippen LogP contribution is -2.47. The van der Waals surface area contributed by atoms with E-state index >= 15 is 0 Å². The number of carbonyl (C=O) groups excluding carboxylic acids is 1. The molecule has 1 amide bonds. The Balaban J connectivity index is 1.70. The fourth-order valence-corrected chi connectivity index (χ4v) is 4.53. The van der Waals surface area contributed by atoms with Crippen molar-refractivity contribution in [1.82, 2.24) is 9.88 Å². The number of rotatable bonds is 5. The van der Waals surface area contributed by atoms with Crippen molar-refractivity contribution in [3.63, 3.8) is 0 Å². The quantitative estimate of drug-likeness (QED) is 0.685. The third-order valence-corrected chi connectivity index (χ3v) is 5.76. The first kappa shape index (κ1) is 24.3. The molecule has 0 radical (unpaired) electrons. The zero-order valence-corrected chi connectivity index (χ0v) is 20.1. The highest BCUT2D eigenvalue weighted by Gasteiger charge is 2.61. The molecule has 2 saturated heterocycles. The van der Waals surface area contributed by atoms with Crippen molar-refractivity contribution < 1.29 is 28.8 Å². The number of ether oxygens (including phenoxy) is 4. The minimum Gasteiger partial charge on any atom is -0.494 e. The average Bonchev–Trinajstić information content (AvgIpc) is 3.18. The van der Waals surface area contributed by atoms with Crippen LogP contribution in [0.25, 0.3) is 0 Å². The molecule has 0 aliphatic carbocycles. The highest BCUT2D eigenvalue weighted by Crippen LogP contribution is 2.48. The van der Waals surface area contributed by atoms with E-state index in [2.05, 4.69) is 4.98 Å². The van der Waals surface area contributed by atoms with Crippen LogP contribution in [0, 0.1) is 0 Å². The number of nitrogens with zero attached hydrogens (tertiary/aromatic N) is 1. The minimum absolute atomic E-state index is 0.162. The van der Waals surface area contributed by atoms with Crippen LogP contribution in [0.2, 0.25) is 0 Å². The molecule has 2 aliphatic rings. The van der Waals surface area contributed by atoms with E-state index in [4.69, 9.17) is 18.9 Å². The maximum atomic E-state index is 13.4. The minimum atomic E-state index is -0.900. The van der Waals surface area contributed by atoms with Crippen molar-refractivity contribution in [3.05, 3.63) is 63.9 Å². The van der Waals surface area contributed by atoms with E-state index in [-0.39, 0.29) is 12.5 Å². The number of aromatic hydroxyl groups is 1. The second-order valence-electron chi connectivity index (χ2n) is 10.1. The standard InChI is InChI=1S/C25H32N2O7/c1-24(2,3)34-23(30)27-17(14-31-13-15-9-7-6-8-10-15)20-21(33-25(4,5)32-20)19(27)16-11-12-18(28)26-22(16)29/h6-12,17,19-21H,13-14H2,1-5H3,(H2,26,28,29)/t17?,19?,20-,21+/m1/s1. The normalized spacial score (nSPS) is 25.9. The van der Waals surface area contributed by atoms with E-state index in [0.717, 1.165) is 5.56 Å². The van der Waals surface area contributed by atoms with Gasteiger partial charge in [-0.1, -0.05) is 30.3 Å². The van der Waals surface area contributed by atoms with E-state index in [1.54, 1.807) is 34.6 Å². The van der Waals surface area contributed by atoms with Gasteiger partial charge in [-0.15, -0.1) is 0 Å². The monoisotopic (exact) mass is 472 g/mol. The van der Waals surface area contributed by atoms with E-state index in [1.807, 2.05) is 30.3 Å². The number of aromatic nitrogens is 1. The number of fused-ring (bicyclic) bond motifs is 1. The second kappa shape index (κ2) is 9.05. The van der Waals surface area contributed by atoms with Crippen molar-refractivity contribution >= 4 is 6.09 Å². The van der Waals surface area contributed by atoms with Crippen LogP contribution in [-0.2, 0) is 25.6 Å². The summed E-state index contributed by atoms with van der Waals surface area (Å²) < 4.78 is 24.1. The second-order valence-corrected chi connectivity index (χ2v) is 10.1. The number of carbonyl (C=O) groups is 1. The van der Waals surface area contributed by atoms with Gasteiger partial charge in [0.15, 0.2) is 11.7 Å². The highest BCUT2D eigenvalue weighted by molar-refractivity contribution is 5.70. The Kier molecular flexibility index (Phi) is 6.46. The number of nitrogens with one attached hydrogen (secondary N) is 1. The number of hydrogen-bond acceptors (Lipinski definition) is 7. The summed E-state index contributed by atoms with van der Waals surface area (Å²) in [4.78, 5) is 29.1. The van der Waals surface area contributed by atoms with Gasteiger partial charge in [0, 0.05) is 11.6 Å². The molecule has 1 aromatic heterocycles. The third kappa shape index (κ3) is 5.11. The molecule has 3 heterocycles. The molecular formula is C25H32N2O7.